The predicted octanol–water partition coefficient (Wildman–Crippen LogP) is 5.74. The molecule has 2 heterocycles. The molecule has 1 aliphatic heterocycles. The van der Waals surface area contributed by atoms with Crippen molar-refractivity contribution < 1.29 is 28.6 Å². The average molecular weight is 490 g/mol. The monoisotopic (exact) mass is 489 g/mol. The fraction of sp³-hybridized carbons (Fsp3) is 0.310. The molecule has 1 aliphatic rings. The van der Waals surface area contributed by atoms with Crippen LogP contribution in [-0.4, -0.2) is 35.4 Å². The van der Waals surface area contributed by atoms with Crippen molar-refractivity contribution >= 4 is 17.4 Å². The maximum atomic E-state index is 13.4. The number of Topliss-reactive ketones (excluding diaryl/α,β-unsaturated/α-hetero) is 1. The van der Waals surface area contributed by atoms with Crippen molar-refractivity contribution in [3.8, 4) is 11.5 Å². The molecule has 1 fully saturated rings. The maximum Gasteiger partial charge on any atom is 0.296 e. The smallest absolute Gasteiger partial charge is 0.296 e. The Morgan fingerprint density at radius 1 is 1.14 bits per heavy atom. The van der Waals surface area contributed by atoms with Crippen molar-refractivity contribution in [3.63, 3.8) is 0 Å². The predicted molar refractivity (Wildman–Crippen MR) is 136 cm³/mol. The summed E-state index contributed by atoms with van der Waals surface area (Å²) in [5.41, 5.74) is 2.84. The number of rotatable bonds is 8. The molecule has 7 heteroatoms. The first kappa shape index (κ1) is 25.1. The zero-order valence-corrected chi connectivity index (χ0v) is 21.2. The number of methoxy groups -OCH3 is 1. The van der Waals surface area contributed by atoms with E-state index in [-0.39, 0.29) is 23.8 Å². The van der Waals surface area contributed by atoms with E-state index in [4.69, 9.17) is 13.9 Å². The Hall–Kier alpha value is -4.00. The Labute approximate surface area is 210 Å². The third-order valence-electron chi connectivity index (χ3n) is 6.41. The van der Waals surface area contributed by atoms with Crippen LogP contribution in [0.2, 0.25) is 0 Å². The number of aryl methyl sites for hydroxylation is 1. The summed E-state index contributed by atoms with van der Waals surface area (Å²) in [6.07, 6.45) is 1.52. The van der Waals surface area contributed by atoms with E-state index in [0.29, 0.717) is 35.0 Å². The summed E-state index contributed by atoms with van der Waals surface area (Å²) in [7, 11) is 1.60. The van der Waals surface area contributed by atoms with Gasteiger partial charge in [-0.05, 0) is 72.9 Å². The summed E-state index contributed by atoms with van der Waals surface area (Å²) in [5.74, 6) is 0.403. The number of furan rings is 1. The number of hydrogen-bond donors (Lipinski definition) is 1. The maximum absolute atomic E-state index is 13.4. The molecule has 1 saturated heterocycles. The van der Waals surface area contributed by atoms with Gasteiger partial charge in [-0.25, -0.2) is 0 Å². The van der Waals surface area contributed by atoms with Crippen LogP contribution < -0.4 is 9.47 Å². The summed E-state index contributed by atoms with van der Waals surface area (Å²) in [4.78, 5) is 28.0. The molecular weight excluding hydrogens is 458 g/mol. The molecule has 0 aliphatic carbocycles. The second-order valence-corrected chi connectivity index (χ2v) is 9.07. The fourth-order valence-electron chi connectivity index (χ4n) is 4.60. The lowest BCUT2D eigenvalue weighted by atomic mass is 9.91. The number of ether oxygens (including phenoxy) is 2. The van der Waals surface area contributed by atoms with Crippen molar-refractivity contribution in [1.29, 1.82) is 0 Å². The summed E-state index contributed by atoms with van der Waals surface area (Å²) in [6, 6.07) is 13.6. The van der Waals surface area contributed by atoms with Crippen molar-refractivity contribution in [3.05, 3.63) is 88.4 Å². The standard InChI is InChI=1S/C29H31NO6/c1-6-35-20-11-9-19(10-12-20)26-25(28(32)29(33)30(26)16-21-8-7-13-36-21)27(31)23-15-22(17(2)3)24(34-5)14-18(23)4/h7-15,17,26,31H,6,16H2,1-5H3/b27-25+. The van der Waals surface area contributed by atoms with Gasteiger partial charge in [0.15, 0.2) is 0 Å². The molecule has 0 saturated carbocycles. The molecule has 0 radical (unpaired) electrons. The number of carbonyl (C=O) groups is 2. The lowest BCUT2D eigenvalue weighted by Gasteiger charge is -2.25. The average Bonchev–Trinajstić information content (AvgIpc) is 3.46. The number of hydrogen-bond acceptors (Lipinski definition) is 6. The molecule has 1 aromatic heterocycles. The van der Waals surface area contributed by atoms with E-state index in [1.165, 1.54) is 11.2 Å². The van der Waals surface area contributed by atoms with Crippen LogP contribution in [-0.2, 0) is 16.1 Å². The number of nitrogens with zero attached hydrogens (tertiary/aromatic N) is 1. The summed E-state index contributed by atoms with van der Waals surface area (Å²) < 4.78 is 16.6. The zero-order valence-electron chi connectivity index (χ0n) is 21.2. The van der Waals surface area contributed by atoms with Gasteiger partial charge < -0.3 is 23.9 Å². The van der Waals surface area contributed by atoms with E-state index in [1.807, 2.05) is 52.0 Å². The molecule has 1 N–H and O–H groups in total. The van der Waals surface area contributed by atoms with E-state index >= 15 is 0 Å². The van der Waals surface area contributed by atoms with Crippen LogP contribution in [0.5, 0.6) is 11.5 Å². The fourth-order valence-corrected chi connectivity index (χ4v) is 4.60. The third kappa shape index (κ3) is 4.61. The van der Waals surface area contributed by atoms with E-state index in [2.05, 4.69) is 0 Å². The Morgan fingerprint density at radius 2 is 1.86 bits per heavy atom. The Bertz CT molecular complexity index is 1290. The van der Waals surface area contributed by atoms with Gasteiger partial charge in [-0.15, -0.1) is 0 Å². The Morgan fingerprint density at radius 3 is 2.44 bits per heavy atom. The van der Waals surface area contributed by atoms with Gasteiger partial charge in [-0.2, -0.15) is 0 Å². The highest BCUT2D eigenvalue weighted by atomic mass is 16.5. The highest BCUT2D eigenvalue weighted by molar-refractivity contribution is 6.46. The highest BCUT2D eigenvalue weighted by Gasteiger charge is 2.46. The molecule has 1 amide bonds. The topological polar surface area (TPSA) is 89.2 Å². The molecule has 36 heavy (non-hydrogen) atoms. The minimum absolute atomic E-state index is 0.0405. The van der Waals surface area contributed by atoms with Crippen LogP contribution in [0.3, 0.4) is 0 Å². The second-order valence-electron chi connectivity index (χ2n) is 9.07. The van der Waals surface area contributed by atoms with Crippen LogP contribution in [0.15, 0.2) is 64.8 Å². The van der Waals surface area contributed by atoms with Crippen LogP contribution in [0, 0.1) is 6.92 Å². The number of amides is 1. The Balaban J connectivity index is 1.89. The van der Waals surface area contributed by atoms with Gasteiger partial charge in [0, 0.05) is 5.56 Å². The second kappa shape index (κ2) is 10.3. The van der Waals surface area contributed by atoms with Gasteiger partial charge in [0.05, 0.1) is 38.1 Å². The number of likely N-dealkylation sites (tertiary alicyclic amines) is 1. The molecule has 188 valence electrons. The number of aliphatic hydroxyl groups is 1. The summed E-state index contributed by atoms with van der Waals surface area (Å²) >= 11 is 0. The molecular formula is C29H31NO6. The van der Waals surface area contributed by atoms with Crippen molar-refractivity contribution in [2.24, 2.45) is 0 Å². The first-order valence-corrected chi connectivity index (χ1v) is 12.0. The molecule has 4 rings (SSSR count). The van der Waals surface area contributed by atoms with Crippen LogP contribution in [0.1, 0.15) is 60.7 Å². The third-order valence-corrected chi connectivity index (χ3v) is 6.41. The largest absolute Gasteiger partial charge is 0.507 e. The molecule has 7 nitrogen and oxygen atoms in total. The van der Waals surface area contributed by atoms with Gasteiger partial charge in [-0.3, -0.25) is 9.59 Å². The molecule has 2 aromatic carbocycles. The molecule has 3 aromatic rings. The highest BCUT2D eigenvalue weighted by Crippen LogP contribution is 2.42. The normalized spacial score (nSPS) is 17.2. The van der Waals surface area contributed by atoms with E-state index in [9.17, 15) is 14.7 Å². The first-order valence-electron chi connectivity index (χ1n) is 12.0. The lowest BCUT2D eigenvalue weighted by Crippen LogP contribution is -2.29. The molecule has 1 unspecified atom stereocenters. The van der Waals surface area contributed by atoms with Crippen LogP contribution >= 0.6 is 0 Å². The van der Waals surface area contributed by atoms with Gasteiger partial charge in [0.2, 0.25) is 0 Å². The Kier molecular flexibility index (Phi) is 7.20. The first-order chi connectivity index (χ1) is 17.3. The van der Waals surface area contributed by atoms with Crippen LogP contribution in [0.4, 0.5) is 0 Å². The lowest BCUT2D eigenvalue weighted by molar-refractivity contribution is -0.140. The SMILES string of the molecule is CCOc1ccc(C2/C(=C(\O)c3cc(C(C)C)c(OC)cc3C)C(=O)C(=O)N2Cc2ccco2)cc1. The molecule has 1 atom stereocenters. The molecule has 0 spiro atoms. The molecule has 0 bridgehead atoms. The van der Waals surface area contributed by atoms with Crippen molar-refractivity contribution in [2.45, 2.75) is 46.2 Å². The van der Waals surface area contributed by atoms with Crippen LogP contribution in [0.25, 0.3) is 5.76 Å². The zero-order chi connectivity index (χ0) is 26.0. The van der Waals surface area contributed by atoms with Gasteiger partial charge in [-0.1, -0.05) is 26.0 Å². The van der Waals surface area contributed by atoms with Gasteiger partial charge in [0.25, 0.3) is 11.7 Å². The minimum Gasteiger partial charge on any atom is -0.507 e. The van der Waals surface area contributed by atoms with E-state index in [0.717, 1.165) is 11.1 Å². The summed E-state index contributed by atoms with van der Waals surface area (Å²) in [6.45, 7) is 8.40. The van der Waals surface area contributed by atoms with E-state index < -0.39 is 17.7 Å². The van der Waals surface area contributed by atoms with Crippen molar-refractivity contribution in [1.82, 2.24) is 4.90 Å². The number of carbonyl (C=O) groups excluding carboxylic acids is 2. The van der Waals surface area contributed by atoms with Crippen molar-refractivity contribution in [2.75, 3.05) is 13.7 Å². The summed E-state index contributed by atoms with van der Waals surface area (Å²) in [5, 5.41) is 11.6. The van der Waals surface area contributed by atoms with Gasteiger partial charge >= 0.3 is 0 Å². The number of aliphatic hydroxyl groups excluding tert-OH is 1. The quantitative estimate of drug-likeness (QED) is 0.247. The van der Waals surface area contributed by atoms with Gasteiger partial charge in [0.1, 0.15) is 23.0 Å². The van der Waals surface area contributed by atoms with E-state index in [1.54, 1.807) is 31.4 Å². The number of ketones is 1. The number of benzene rings is 2. The minimum atomic E-state index is -0.797.